The van der Waals surface area contributed by atoms with Crippen molar-refractivity contribution in [3.63, 3.8) is 0 Å². The Morgan fingerprint density at radius 2 is 1.65 bits per heavy atom. The van der Waals surface area contributed by atoms with Crippen molar-refractivity contribution >= 4 is 35.1 Å². The van der Waals surface area contributed by atoms with Gasteiger partial charge in [0.1, 0.15) is 12.3 Å². The molecule has 2 amide bonds. The molecule has 0 heterocycles. The third-order valence-corrected chi connectivity index (χ3v) is 3.78. The van der Waals surface area contributed by atoms with Crippen LogP contribution < -0.4 is 10.6 Å². The van der Waals surface area contributed by atoms with Crippen LogP contribution in [0.3, 0.4) is 0 Å². The fourth-order valence-corrected chi connectivity index (χ4v) is 2.43. The van der Waals surface area contributed by atoms with Crippen LogP contribution in [-0.2, 0) is 27.2 Å². The van der Waals surface area contributed by atoms with E-state index in [0.717, 1.165) is 0 Å². The molecule has 0 aliphatic carbocycles. The maximum atomic E-state index is 12.1. The van der Waals surface area contributed by atoms with Gasteiger partial charge in [0.25, 0.3) is 0 Å². The van der Waals surface area contributed by atoms with Crippen molar-refractivity contribution in [1.82, 2.24) is 5.32 Å². The monoisotopic (exact) mass is 376 g/mol. The third kappa shape index (κ3) is 6.10. The quantitative estimate of drug-likeness (QED) is 0.589. The van der Waals surface area contributed by atoms with Crippen molar-refractivity contribution < 1.29 is 24.6 Å². The second kappa shape index (κ2) is 8.87. The summed E-state index contributed by atoms with van der Waals surface area (Å²) in [5, 5.41) is 23.1. The lowest BCUT2D eigenvalue weighted by atomic mass is 10.1. The lowest BCUT2D eigenvalue weighted by molar-refractivity contribution is -0.137. The zero-order valence-corrected chi connectivity index (χ0v) is 14.4. The van der Waals surface area contributed by atoms with Gasteiger partial charge in [-0.05, 0) is 35.4 Å². The summed E-state index contributed by atoms with van der Waals surface area (Å²) in [6, 6.07) is 11.0. The molecule has 2 aromatic rings. The van der Waals surface area contributed by atoms with E-state index in [1.54, 1.807) is 30.3 Å². The van der Waals surface area contributed by atoms with Gasteiger partial charge in [-0.3, -0.25) is 14.4 Å². The Bertz CT molecular complexity index is 821. The lowest BCUT2D eigenvalue weighted by Gasteiger charge is -2.08. The van der Waals surface area contributed by atoms with Gasteiger partial charge in [-0.1, -0.05) is 29.8 Å². The molecule has 0 radical (unpaired) electrons. The fourth-order valence-electron chi connectivity index (χ4n) is 2.19. The van der Waals surface area contributed by atoms with Crippen LogP contribution >= 0.6 is 11.6 Å². The van der Waals surface area contributed by atoms with Gasteiger partial charge in [0, 0.05) is 10.7 Å². The van der Waals surface area contributed by atoms with Gasteiger partial charge < -0.3 is 20.8 Å². The number of halogens is 1. The highest BCUT2D eigenvalue weighted by Crippen LogP contribution is 2.22. The number of hydrogen-bond acceptors (Lipinski definition) is 4. The number of carbonyl (C=O) groups is 3. The number of benzene rings is 2. The third-order valence-electron chi connectivity index (χ3n) is 3.43. The number of carboxylic acids is 1. The molecule has 7 nitrogen and oxygen atoms in total. The molecule has 0 atom stereocenters. The Balaban J connectivity index is 1.89. The first kappa shape index (κ1) is 19.3. The molecular formula is C18H17ClN2O5. The van der Waals surface area contributed by atoms with E-state index in [9.17, 15) is 19.5 Å². The van der Waals surface area contributed by atoms with E-state index in [2.05, 4.69) is 10.6 Å². The van der Waals surface area contributed by atoms with Crippen LogP contribution in [0.25, 0.3) is 0 Å². The Morgan fingerprint density at radius 1 is 0.962 bits per heavy atom. The highest BCUT2D eigenvalue weighted by Gasteiger charge is 2.09. The topological polar surface area (TPSA) is 116 Å². The number of aliphatic carboxylic acids is 1. The predicted molar refractivity (Wildman–Crippen MR) is 96.2 cm³/mol. The number of aromatic hydroxyl groups is 1. The van der Waals surface area contributed by atoms with Crippen LogP contribution in [0.1, 0.15) is 11.1 Å². The summed E-state index contributed by atoms with van der Waals surface area (Å²) in [6.45, 7) is -0.424. The second-order valence-corrected chi connectivity index (χ2v) is 5.95. The predicted octanol–water partition coefficient (Wildman–Crippen LogP) is 1.97. The van der Waals surface area contributed by atoms with Crippen molar-refractivity contribution in [2.75, 3.05) is 11.9 Å². The number of amides is 2. The van der Waals surface area contributed by atoms with Crippen molar-refractivity contribution in [3.8, 4) is 5.75 Å². The maximum absolute atomic E-state index is 12.1. The number of phenols is 1. The molecule has 0 saturated carbocycles. The van der Waals surface area contributed by atoms with Crippen molar-refractivity contribution in [3.05, 3.63) is 58.6 Å². The summed E-state index contributed by atoms with van der Waals surface area (Å²) in [7, 11) is 0. The first-order valence-electron chi connectivity index (χ1n) is 7.68. The fraction of sp³-hybridized carbons (Fsp3) is 0.167. The average molecular weight is 377 g/mol. The highest BCUT2D eigenvalue weighted by molar-refractivity contribution is 6.31. The van der Waals surface area contributed by atoms with E-state index in [1.165, 1.54) is 12.1 Å². The number of rotatable bonds is 7. The van der Waals surface area contributed by atoms with E-state index in [1.807, 2.05) is 0 Å². The smallest absolute Gasteiger partial charge is 0.322 e. The molecule has 4 N–H and O–H groups in total. The summed E-state index contributed by atoms with van der Waals surface area (Å²) < 4.78 is 0. The molecule has 0 bridgehead atoms. The van der Waals surface area contributed by atoms with Crippen molar-refractivity contribution in [2.45, 2.75) is 12.8 Å². The molecule has 2 aromatic carbocycles. The minimum Gasteiger partial charge on any atom is -0.508 e. The van der Waals surface area contributed by atoms with Crippen molar-refractivity contribution in [2.24, 2.45) is 0 Å². The van der Waals surface area contributed by atoms with Crippen LogP contribution in [0, 0.1) is 0 Å². The van der Waals surface area contributed by atoms with Gasteiger partial charge in [-0.15, -0.1) is 0 Å². The molecule has 8 heteroatoms. The van der Waals surface area contributed by atoms with Gasteiger partial charge in [-0.25, -0.2) is 0 Å². The zero-order chi connectivity index (χ0) is 19.1. The highest BCUT2D eigenvalue weighted by atomic mass is 35.5. The van der Waals surface area contributed by atoms with Crippen LogP contribution in [0.5, 0.6) is 5.75 Å². The van der Waals surface area contributed by atoms with Crippen LogP contribution in [-0.4, -0.2) is 34.5 Å². The molecule has 26 heavy (non-hydrogen) atoms. The van der Waals surface area contributed by atoms with Crippen LogP contribution in [0.4, 0.5) is 5.69 Å². The number of carboxylic acid groups (broad SMARTS) is 1. The van der Waals surface area contributed by atoms with Gasteiger partial charge in [0.2, 0.25) is 11.8 Å². The maximum Gasteiger partial charge on any atom is 0.322 e. The standard InChI is InChI=1S/C18H17ClN2O5/c19-15-9-14(22)6-3-12(15)8-17(24)21-13-4-1-11(2-5-13)7-16(23)20-10-18(25)26/h1-6,9,22H,7-8,10H2,(H,20,23)(H,21,24)(H,25,26). The number of hydrogen-bond donors (Lipinski definition) is 4. The molecule has 0 aliphatic rings. The Labute approximate surface area is 154 Å². The molecule has 0 saturated heterocycles. The van der Waals surface area contributed by atoms with Gasteiger partial charge >= 0.3 is 5.97 Å². The molecule has 0 aromatic heterocycles. The molecule has 2 rings (SSSR count). The van der Waals surface area contributed by atoms with E-state index in [-0.39, 0.29) is 24.5 Å². The van der Waals surface area contributed by atoms with Crippen molar-refractivity contribution in [1.29, 1.82) is 0 Å². The summed E-state index contributed by atoms with van der Waals surface area (Å²) in [4.78, 5) is 34.0. The van der Waals surface area contributed by atoms with E-state index in [4.69, 9.17) is 16.7 Å². The summed E-state index contributed by atoms with van der Waals surface area (Å²) in [5.74, 6) is -1.75. The molecule has 0 unspecified atom stereocenters. The van der Waals surface area contributed by atoms with E-state index in [0.29, 0.717) is 21.8 Å². The molecule has 136 valence electrons. The first-order valence-corrected chi connectivity index (χ1v) is 8.06. The zero-order valence-electron chi connectivity index (χ0n) is 13.7. The van der Waals surface area contributed by atoms with Gasteiger partial charge in [-0.2, -0.15) is 0 Å². The Kier molecular flexibility index (Phi) is 6.57. The summed E-state index contributed by atoms with van der Waals surface area (Å²) in [5.41, 5.74) is 1.83. The Morgan fingerprint density at radius 3 is 2.27 bits per heavy atom. The minimum atomic E-state index is -1.11. The SMILES string of the molecule is O=C(O)CNC(=O)Cc1ccc(NC(=O)Cc2ccc(O)cc2Cl)cc1. The van der Waals surface area contributed by atoms with Gasteiger partial charge in [0.15, 0.2) is 0 Å². The summed E-state index contributed by atoms with van der Waals surface area (Å²) in [6.07, 6.45) is 0.100. The van der Waals surface area contributed by atoms with E-state index < -0.39 is 18.4 Å². The molecular weight excluding hydrogens is 360 g/mol. The average Bonchev–Trinajstić information content (AvgIpc) is 2.57. The normalized spacial score (nSPS) is 10.2. The van der Waals surface area contributed by atoms with Crippen LogP contribution in [0.2, 0.25) is 5.02 Å². The number of nitrogens with one attached hydrogen (secondary N) is 2. The first-order chi connectivity index (χ1) is 12.3. The number of carbonyl (C=O) groups excluding carboxylic acids is 2. The number of anilines is 1. The minimum absolute atomic E-state index is 0.0298. The van der Waals surface area contributed by atoms with Gasteiger partial charge in [0.05, 0.1) is 12.8 Å². The molecule has 0 spiro atoms. The second-order valence-electron chi connectivity index (χ2n) is 5.54. The molecule has 0 fully saturated rings. The molecule has 0 aliphatic heterocycles. The Hall–Kier alpha value is -3.06. The largest absolute Gasteiger partial charge is 0.508 e. The summed E-state index contributed by atoms with van der Waals surface area (Å²) >= 11 is 5.98. The van der Waals surface area contributed by atoms with E-state index >= 15 is 0 Å². The van der Waals surface area contributed by atoms with Crippen LogP contribution in [0.15, 0.2) is 42.5 Å². The number of phenolic OH excluding ortho intramolecular Hbond substituents is 1. The lowest BCUT2D eigenvalue weighted by Crippen LogP contribution is -2.30.